The summed E-state index contributed by atoms with van der Waals surface area (Å²) in [7, 11) is 0. The maximum Gasteiger partial charge on any atom is 0.105 e. The Morgan fingerprint density at radius 3 is 2.50 bits per heavy atom. The van der Waals surface area contributed by atoms with Gasteiger partial charge in [0, 0.05) is 13.8 Å². The van der Waals surface area contributed by atoms with Crippen LogP contribution < -0.4 is 0 Å². The van der Waals surface area contributed by atoms with Crippen LogP contribution in [0, 0.1) is 6.92 Å². The van der Waals surface area contributed by atoms with Crippen molar-refractivity contribution < 1.29 is 5.11 Å². The van der Waals surface area contributed by atoms with Crippen molar-refractivity contribution in [2.45, 2.75) is 13.0 Å². The highest BCUT2D eigenvalue weighted by Crippen LogP contribution is 2.31. The molecule has 0 radical (unpaired) electrons. The van der Waals surface area contributed by atoms with Crippen molar-refractivity contribution in [1.29, 1.82) is 0 Å². The van der Waals surface area contributed by atoms with E-state index in [-0.39, 0.29) is 0 Å². The smallest absolute Gasteiger partial charge is 0.105 e. The van der Waals surface area contributed by atoms with Crippen LogP contribution in [0.3, 0.4) is 0 Å². The molecule has 2 rings (SSSR count). The van der Waals surface area contributed by atoms with E-state index in [1.165, 1.54) is 0 Å². The normalized spacial score (nSPS) is 12.8. The second-order valence-corrected chi connectivity index (χ2v) is 6.34. The van der Waals surface area contributed by atoms with Crippen molar-refractivity contribution >= 4 is 43.2 Å². The lowest BCUT2D eigenvalue weighted by Gasteiger charge is -2.11. The summed E-state index contributed by atoms with van der Waals surface area (Å²) in [5.74, 6) is 0. The van der Waals surface area contributed by atoms with Crippen molar-refractivity contribution in [1.82, 2.24) is 0 Å². The van der Waals surface area contributed by atoms with Crippen LogP contribution in [-0.2, 0) is 0 Å². The van der Waals surface area contributed by atoms with Crippen LogP contribution in [0.1, 0.15) is 22.1 Å². The van der Waals surface area contributed by atoms with Gasteiger partial charge in [0.05, 0.1) is 0 Å². The molecule has 1 heterocycles. The minimum atomic E-state index is -0.546. The largest absolute Gasteiger partial charge is 0.384 e. The number of aryl methyl sites for hydroxylation is 1. The third kappa shape index (κ3) is 2.40. The SMILES string of the molecule is Cc1sccc1C(O)c1ccc(Br)c(Br)c1. The zero-order valence-electron chi connectivity index (χ0n) is 8.58. The van der Waals surface area contributed by atoms with E-state index in [9.17, 15) is 5.11 Å². The summed E-state index contributed by atoms with van der Waals surface area (Å²) in [6, 6.07) is 7.77. The van der Waals surface area contributed by atoms with Gasteiger partial charge in [-0.2, -0.15) is 0 Å². The van der Waals surface area contributed by atoms with Gasteiger partial charge < -0.3 is 5.11 Å². The molecule has 0 bridgehead atoms. The second kappa shape index (κ2) is 5.00. The molecule has 16 heavy (non-hydrogen) atoms. The summed E-state index contributed by atoms with van der Waals surface area (Å²) < 4.78 is 1.95. The zero-order valence-corrected chi connectivity index (χ0v) is 12.6. The number of hydrogen-bond donors (Lipinski definition) is 1. The van der Waals surface area contributed by atoms with Crippen LogP contribution in [0.2, 0.25) is 0 Å². The highest BCUT2D eigenvalue weighted by molar-refractivity contribution is 9.13. The molecule has 0 fully saturated rings. The zero-order chi connectivity index (χ0) is 11.7. The molecule has 1 aromatic heterocycles. The van der Waals surface area contributed by atoms with E-state index in [0.717, 1.165) is 24.9 Å². The van der Waals surface area contributed by atoms with E-state index in [1.807, 2.05) is 36.6 Å². The maximum atomic E-state index is 10.2. The van der Waals surface area contributed by atoms with Crippen molar-refractivity contribution in [2.75, 3.05) is 0 Å². The first-order valence-electron chi connectivity index (χ1n) is 4.76. The molecule has 1 atom stereocenters. The minimum absolute atomic E-state index is 0.546. The number of aliphatic hydroxyl groups excluding tert-OH is 1. The van der Waals surface area contributed by atoms with Gasteiger partial charge in [-0.05, 0) is 73.5 Å². The van der Waals surface area contributed by atoms with Gasteiger partial charge >= 0.3 is 0 Å². The monoisotopic (exact) mass is 360 g/mol. The minimum Gasteiger partial charge on any atom is -0.384 e. The van der Waals surface area contributed by atoms with Crippen molar-refractivity contribution in [3.05, 3.63) is 54.6 Å². The van der Waals surface area contributed by atoms with Gasteiger partial charge in [-0.25, -0.2) is 0 Å². The van der Waals surface area contributed by atoms with E-state index in [1.54, 1.807) is 11.3 Å². The molecule has 0 amide bonds. The Morgan fingerprint density at radius 1 is 1.19 bits per heavy atom. The first-order chi connectivity index (χ1) is 7.59. The molecule has 0 aliphatic heterocycles. The van der Waals surface area contributed by atoms with Gasteiger partial charge in [-0.1, -0.05) is 6.07 Å². The van der Waals surface area contributed by atoms with Crippen molar-refractivity contribution in [3.63, 3.8) is 0 Å². The molecule has 0 aliphatic carbocycles. The molecule has 2 aromatic rings. The summed E-state index contributed by atoms with van der Waals surface area (Å²) in [4.78, 5) is 1.16. The van der Waals surface area contributed by atoms with Gasteiger partial charge in [0.1, 0.15) is 6.10 Å². The van der Waals surface area contributed by atoms with E-state index in [4.69, 9.17) is 0 Å². The van der Waals surface area contributed by atoms with Gasteiger partial charge in [0.15, 0.2) is 0 Å². The van der Waals surface area contributed by atoms with Crippen LogP contribution in [0.15, 0.2) is 38.6 Å². The van der Waals surface area contributed by atoms with E-state index >= 15 is 0 Å². The number of aliphatic hydroxyl groups is 1. The molecule has 1 nitrogen and oxygen atoms in total. The fourth-order valence-electron chi connectivity index (χ4n) is 1.54. The number of thiophene rings is 1. The lowest BCUT2D eigenvalue weighted by molar-refractivity contribution is 0.220. The molecule has 0 aliphatic rings. The van der Waals surface area contributed by atoms with Crippen LogP contribution >= 0.6 is 43.2 Å². The number of hydrogen-bond acceptors (Lipinski definition) is 2. The van der Waals surface area contributed by atoms with Crippen LogP contribution in [0.4, 0.5) is 0 Å². The van der Waals surface area contributed by atoms with Crippen LogP contribution in [0.25, 0.3) is 0 Å². The average Bonchev–Trinajstić information content (AvgIpc) is 2.67. The first-order valence-corrected chi connectivity index (χ1v) is 7.23. The quantitative estimate of drug-likeness (QED) is 0.824. The predicted molar refractivity (Wildman–Crippen MR) is 75.0 cm³/mol. The number of benzene rings is 1. The summed E-state index contributed by atoms with van der Waals surface area (Å²) >= 11 is 8.51. The van der Waals surface area contributed by atoms with Crippen LogP contribution in [0.5, 0.6) is 0 Å². The number of halogens is 2. The summed E-state index contributed by atoms with van der Waals surface area (Å²) in [6.45, 7) is 2.02. The fraction of sp³-hybridized carbons (Fsp3) is 0.167. The summed E-state index contributed by atoms with van der Waals surface area (Å²) in [5.41, 5.74) is 1.88. The number of rotatable bonds is 2. The molecule has 1 unspecified atom stereocenters. The van der Waals surface area contributed by atoms with Gasteiger partial charge in [0.25, 0.3) is 0 Å². The molecular weight excluding hydrogens is 352 g/mol. The Labute approximate surface area is 115 Å². The van der Waals surface area contributed by atoms with Crippen molar-refractivity contribution in [2.24, 2.45) is 0 Å². The molecule has 1 aromatic carbocycles. The Morgan fingerprint density at radius 2 is 1.94 bits per heavy atom. The van der Waals surface area contributed by atoms with Gasteiger partial charge in [0.2, 0.25) is 0 Å². The Kier molecular flexibility index (Phi) is 3.85. The molecule has 0 saturated heterocycles. The third-order valence-electron chi connectivity index (χ3n) is 2.45. The predicted octanol–water partition coefficient (Wildman–Crippen LogP) is 4.66. The lowest BCUT2D eigenvalue weighted by Crippen LogP contribution is -1.99. The Hall–Kier alpha value is -0.160. The van der Waals surface area contributed by atoms with Crippen LogP contribution in [-0.4, -0.2) is 5.11 Å². The van der Waals surface area contributed by atoms with Gasteiger partial charge in [-0.15, -0.1) is 11.3 Å². The molecule has 0 saturated carbocycles. The second-order valence-electron chi connectivity index (χ2n) is 3.51. The molecule has 4 heteroatoms. The maximum absolute atomic E-state index is 10.2. The topological polar surface area (TPSA) is 20.2 Å². The van der Waals surface area contributed by atoms with E-state index in [0.29, 0.717) is 0 Å². The molecule has 0 spiro atoms. The Bertz CT molecular complexity index is 507. The molecule has 84 valence electrons. The summed E-state index contributed by atoms with van der Waals surface area (Å²) in [6.07, 6.45) is -0.546. The fourth-order valence-corrected chi connectivity index (χ4v) is 2.92. The van der Waals surface area contributed by atoms with Gasteiger partial charge in [-0.3, -0.25) is 0 Å². The van der Waals surface area contributed by atoms with E-state index < -0.39 is 6.10 Å². The highest BCUT2D eigenvalue weighted by Gasteiger charge is 2.14. The standard InChI is InChI=1S/C12H10Br2OS/c1-7-9(4-5-16-7)12(15)8-2-3-10(13)11(14)6-8/h2-6,12,15H,1H3. The lowest BCUT2D eigenvalue weighted by atomic mass is 10.0. The Balaban J connectivity index is 2.38. The van der Waals surface area contributed by atoms with E-state index in [2.05, 4.69) is 31.9 Å². The molecular formula is C12H10Br2OS. The summed E-state index contributed by atoms with van der Waals surface area (Å²) in [5, 5.41) is 12.2. The molecule has 1 N–H and O–H groups in total. The third-order valence-corrected chi connectivity index (χ3v) is 5.19. The average molecular weight is 362 g/mol. The first kappa shape index (κ1) is 12.3. The highest BCUT2D eigenvalue weighted by atomic mass is 79.9. The van der Waals surface area contributed by atoms with Crippen molar-refractivity contribution in [3.8, 4) is 0 Å².